The van der Waals surface area contributed by atoms with Gasteiger partial charge in [0.2, 0.25) is 0 Å². The van der Waals surface area contributed by atoms with Gasteiger partial charge < -0.3 is 15.2 Å². The molecule has 0 atom stereocenters. The summed E-state index contributed by atoms with van der Waals surface area (Å²) in [5.41, 5.74) is 5.04. The summed E-state index contributed by atoms with van der Waals surface area (Å²) >= 11 is 0. The molecule has 2 aliphatic heterocycles. The molecule has 0 unspecified atom stereocenters. The highest BCUT2D eigenvalue weighted by Gasteiger charge is 2.30. The molecule has 0 radical (unpaired) electrons. The molecule has 9 heteroatoms. The lowest BCUT2D eigenvalue weighted by molar-refractivity contribution is -0.137. The van der Waals surface area contributed by atoms with Crippen LogP contribution < -0.4 is 10.2 Å². The average molecular weight is 551 g/mol. The lowest BCUT2D eigenvalue weighted by Crippen LogP contribution is -2.44. The summed E-state index contributed by atoms with van der Waals surface area (Å²) in [7, 11) is 0. The number of rotatable bonds is 5. The number of fused-ring (bicyclic) bond motifs is 3. The largest absolute Gasteiger partial charge is 0.416 e. The number of alkyl halides is 3. The Morgan fingerprint density at radius 1 is 0.950 bits per heavy atom. The number of aromatic amines is 1. The van der Waals surface area contributed by atoms with E-state index >= 15 is 0 Å². The van der Waals surface area contributed by atoms with Crippen LogP contribution in [0.5, 0.6) is 0 Å². The van der Waals surface area contributed by atoms with E-state index in [1.54, 1.807) is 24.3 Å². The topological polar surface area (TPSA) is 51.4 Å². The van der Waals surface area contributed by atoms with Gasteiger partial charge in [-0.2, -0.15) is 13.2 Å². The maximum absolute atomic E-state index is 13.2. The summed E-state index contributed by atoms with van der Waals surface area (Å²) < 4.78 is 52.0. The van der Waals surface area contributed by atoms with Crippen LogP contribution in [0.25, 0.3) is 10.9 Å². The summed E-state index contributed by atoms with van der Waals surface area (Å²) in [5, 5.41) is 4.19. The number of halogens is 4. The SMILES string of the molecule is O=C(NC1CCN(c2ccc(F)cc2)CC1)c1ccc2[nH]c3c(c2c1)CN(Cc1ccc(C(F)(F)F)cc1)CC3. The molecule has 1 fully saturated rings. The number of carbonyl (C=O) groups excluding carboxylic acids is 1. The lowest BCUT2D eigenvalue weighted by Gasteiger charge is -2.34. The number of hydrogen-bond acceptors (Lipinski definition) is 3. The fraction of sp³-hybridized carbons (Fsp3) is 0.323. The van der Waals surface area contributed by atoms with E-state index in [-0.39, 0.29) is 17.8 Å². The van der Waals surface area contributed by atoms with Crippen LogP contribution in [-0.2, 0) is 25.7 Å². The van der Waals surface area contributed by atoms with Gasteiger partial charge in [0.15, 0.2) is 0 Å². The van der Waals surface area contributed by atoms with Gasteiger partial charge in [0.05, 0.1) is 5.56 Å². The van der Waals surface area contributed by atoms with E-state index in [2.05, 4.69) is 20.1 Å². The predicted octanol–water partition coefficient (Wildman–Crippen LogP) is 6.28. The number of amides is 1. The summed E-state index contributed by atoms with van der Waals surface area (Å²) in [4.78, 5) is 21.1. The summed E-state index contributed by atoms with van der Waals surface area (Å²) in [6, 6.07) is 17.6. The second-order valence-electron chi connectivity index (χ2n) is 10.7. The minimum absolute atomic E-state index is 0.0688. The van der Waals surface area contributed by atoms with Crippen LogP contribution in [-0.4, -0.2) is 41.5 Å². The zero-order chi connectivity index (χ0) is 27.9. The Morgan fingerprint density at radius 2 is 1.68 bits per heavy atom. The molecule has 6 rings (SSSR count). The fourth-order valence-electron chi connectivity index (χ4n) is 5.81. The lowest BCUT2D eigenvalue weighted by atomic mass is 10.0. The van der Waals surface area contributed by atoms with Crippen LogP contribution >= 0.6 is 0 Å². The van der Waals surface area contributed by atoms with E-state index in [1.807, 2.05) is 18.2 Å². The van der Waals surface area contributed by atoms with Crippen molar-refractivity contribution in [3.8, 4) is 0 Å². The first-order valence-electron chi connectivity index (χ1n) is 13.6. The number of hydrogen-bond donors (Lipinski definition) is 2. The number of H-pyrrole nitrogens is 1. The standard InChI is InChI=1S/C31H30F4N4O/c32-23-6-8-25(9-7-23)39-15-11-24(12-16-39)36-30(40)21-3-10-28-26(17-21)27-19-38(14-13-29(27)37-28)18-20-1-4-22(5-2-20)31(33,34)35/h1-10,17,24,37H,11-16,18-19H2,(H,36,40). The first-order valence-corrected chi connectivity index (χ1v) is 13.6. The molecule has 5 nitrogen and oxygen atoms in total. The second kappa shape index (κ2) is 10.6. The summed E-state index contributed by atoms with van der Waals surface area (Å²) in [6.45, 7) is 3.58. The molecule has 0 saturated carbocycles. The quantitative estimate of drug-likeness (QED) is 0.288. The van der Waals surface area contributed by atoms with Crippen LogP contribution in [0, 0.1) is 5.82 Å². The maximum atomic E-state index is 13.2. The molecule has 4 aromatic rings. The zero-order valence-electron chi connectivity index (χ0n) is 21.9. The number of nitrogens with zero attached hydrogens (tertiary/aromatic N) is 2. The van der Waals surface area contributed by atoms with Crippen LogP contribution in [0.3, 0.4) is 0 Å². The van der Waals surface area contributed by atoms with E-state index in [0.29, 0.717) is 18.7 Å². The molecule has 0 bridgehead atoms. The van der Waals surface area contributed by atoms with E-state index in [9.17, 15) is 22.4 Å². The molecule has 2 aliphatic rings. The van der Waals surface area contributed by atoms with Crippen molar-refractivity contribution in [1.29, 1.82) is 0 Å². The number of aromatic nitrogens is 1. The number of carbonyl (C=O) groups is 1. The molecule has 2 N–H and O–H groups in total. The van der Waals surface area contributed by atoms with E-state index in [1.165, 1.54) is 12.1 Å². The van der Waals surface area contributed by atoms with E-state index in [4.69, 9.17) is 0 Å². The van der Waals surface area contributed by atoms with Crippen LogP contribution in [0.4, 0.5) is 23.2 Å². The minimum Gasteiger partial charge on any atom is -0.371 e. The van der Waals surface area contributed by atoms with Gasteiger partial charge in [-0.1, -0.05) is 12.1 Å². The van der Waals surface area contributed by atoms with Crippen molar-refractivity contribution in [3.05, 3.63) is 100 Å². The van der Waals surface area contributed by atoms with Gasteiger partial charge in [-0.3, -0.25) is 9.69 Å². The molecule has 3 heterocycles. The van der Waals surface area contributed by atoms with Crippen molar-refractivity contribution in [1.82, 2.24) is 15.2 Å². The van der Waals surface area contributed by atoms with E-state index in [0.717, 1.165) is 84.4 Å². The van der Waals surface area contributed by atoms with Gasteiger partial charge >= 0.3 is 6.18 Å². The number of nitrogens with one attached hydrogen (secondary N) is 2. The minimum atomic E-state index is -4.34. The molecule has 208 valence electrons. The van der Waals surface area contributed by atoms with Gasteiger partial charge in [-0.25, -0.2) is 4.39 Å². The third kappa shape index (κ3) is 5.56. The molecule has 0 spiro atoms. The van der Waals surface area contributed by atoms with Gasteiger partial charge in [0.25, 0.3) is 5.91 Å². The van der Waals surface area contributed by atoms with Gasteiger partial charge in [0.1, 0.15) is 5.82 Å². The second-order valence-corrected chi connectivity index (χ2v) is 10.7. The molecule has 1 saturated heterocycles. The zero-order valence-corrected chi connectivity index (χ0v) is 21.9. The Kier molecular flexibility index (Phi) is 7.00. The van der Waals surface area contributed by atoms with Crippen LogP contribution in [0.15, 0.2) is 66.7 Å². The summed E-state index contributed by atoms with van der Waals surface area (Å²) in [6.07, 6.45) is -1.92. The third-order valence-corrected chi connectivity index (χ3v) is 8.03. The van der Waals surface area contributed by atoms with E-state index < -0.39 is 11.7 Å². The summed E-state index contributed by atoms with van der Waals surface area (Å²) in [5.74, 6) is -0.354. The highest BCUT2D eigenvalue weighted by molar-refractivity contribution is 5.99. The van der Waals surface area contributed by atoms with Crippen molar-refractivity contribution in [2.75, 3.05) is 24.5 Å². The Bertz CT molecular complexity index is 1500. The smallest absolute Gasteiger partial charge is 0.371 e. The van der Waals surface area contributed by atoms with Crippen molar-refractivity contribution in [2.45, 2.75) is 44.6 Å². The van der Waals surface area contributed by atoms with Gasteiger partial charge in [0, 0.05) is 73.0 Å². The molecule has 3 aromatic carbocycles. The van der Waals surface area contributed by atoms with Crippen molar-refractivity contribution in [2.24, 2.45) is 0 Å². The Hall–Kier alpha value is -3.85. The monoisotopic (exact) mass is 550 g/mol. The molecule has 0 aliphatic carbocycles. The fourth-order valence-corrected chi connectivity index (χ4v) is 5.81. The predicted molar refractivity (Wildman–Crippen MR) is 147 cm³/mol. The number of anilines is 1. The van der Waals surface area contributed by atoms with Crippen molar-refractivity contribution >= 4 is 22.5 Å². The first kappa shape index (κ1) is 26.4. The normalized spacial score (nSPS) is 16.8. The Labute approximate surface area is 229 Å². The molecule has 40 heavy (non-hydrogen) atoms. The van der Waals surface area contributed by atoms with Crippen LogP contribution in [0.1, 0.15) is 45.6 Å². The highest BCUT2D eigenvalue weighted by atomic mass is 19.4. The molecular weight excluding hydrogens is 520 g/mol. The van der Waals surface area contributed by atoms with Crippen LogP contribution in [0.2, 0.25) is 0 Å². The molecule has 1 amide bonds. The first-order chi connectivity index (χ1) is 19.2. The van der Waals surface area contributed by atoms with Crippen molar-refractivity contribution < 1.29 is 22.4 Å². The highest BCUT2D eigenvalue weighted by Crippen LogP contribution is 2.31. The van der Waals surface area contributed by atoms with Gasteiger partial charge in [-0.05, 0) is 78.6 Å². The number of benzene rings is 3. The number of piperidine rings is 1. The molecular formula is C31H30F4N4O. The average Bonchev–Trinajstić information content (AvgIpc) is 3.31. The van der Waals surface area contributed by atoms with Gasteiger partial charge in [-0.15, -0.1) is 0 Å². The van der Waals surface area contributed by atoms with Crippen molar-refractivity contribution in [3.63, 3.8) is 0 Å². The Morgan fingerprint density at radius 3 is 2.38 bits per heavy atom. The molecule has 1 aromatic heterocycles. The third-order valence-electron chi connectivity index (χ3n) is 8.03. The maximum Gasteiger partial charge on any atom is 0.416 e. The Balaban J connectivity index is 1.10.